The molecule has 47 heavy (non-hydrogen) atoms. The molecule has 4 saturated heterocycles. The lowest BCUT2D eigenvalue weighted by atomic mass is 9.87. The van der Waals surface area contributed by atoms with E-state index >= 15 is 4.39 Å². The number of alkyl halides is 1. The van der Waals surface area contributed by atoms with E-state index in [1.807, 2.05) is 4.90 Å². The highest BCUT2D eigenvalue weighted by atomic mass is 19.1. The molecule has 0 radical (unpaired) electrons. The number of pyridine rings is 1. The topological polar surface area (TPSA) is 121 Å². The number of amides is 2. The maximum atomic E-state index is 16.8. The molecule has 13 heteroatoms. The van der Waals surface area contributed by atoms with Gasteiger partial charge >= 0.3 is 6.01 Å². The van der Waals surface area contributed by atoms with Crippen molar-refractivity contribution in [1.29, 1.82) is 0 Å². The number of phenolic OH excluding ortho intramolecular Hbond substituents is 1. The van der Waals surface area contributed by atoms with E-state index in [-0.39, 0.29) is 58.9 Å². The Labute approximate surface area is 267 Å². The largest absolute Gasteiger partial charge is 0.508 e. The number of aromatic hydroxyl groups is 1. The molecule has 2 amide bonds. The van der Waals surface area contributed by atoms with E-state index in [9.17, 15) is 23.5 Å². The molecule has 2 unspecified atom stereocenters. The van der Waals surface area contributed by atoms with Crippen molar-refractivity contribution >= 4 is 39.3 Å². The van der Waals surface area contributed by atoms with Crippen LogP contribution in [0.25, 0.3) is 32.9 Å². The van der Waals surface area contributed by atoms with Crippen molar-refractivity contribution in [3.8, 4) is 23.0 Å². The summed E-state index contributed by atoms with van der Waals surface area (Å²) in [5.74, 6) is -2.79. The van der Waals surface area contributed by atoms with Crippen LogP contribution in [0.3, 0.4) is 0 Å². The number of aryl methyl sites for hydroxylation is 1. The monoisotopic (exact) mass is 646 g/mol. The van der Waals surface area contributed by atoms with Gasteiger partial charge in [0.2, 0.25) is 11.8 Å². The van der Waals surface area contributed by atoms with Crippen LogP contribution >= 0.6 is 0 Å². The van der Waals surface area contributed by atoms with Crippen molar-refractivity contribution in [2.24, 2.45) is 11.8 Å². The van der Waals surface area contributed by atoms with E-state index in [1.54, 1.807) is 6.92 Å². The third-order valence-corrected chi connectivity index (χ3v) is 10.5. The molecule has 6 heterocycles. The Bertz CT molecular complexity index is 1980. The molecular formula is C34H33F3N6O4. The predicted octanol–water partition coefficient (Wildman–Crippen LogP) is 4.45. The van der Waals surface area contributed by atoms with Gasteiger partial charge in [0, 0.05) is 37.8 Å². The summed E-state index contributed by atoms with van der Waals surface area (Å²) in [7, 11) is 0. The van der Waals surface area contributed by atoms with E-state index < -0.39 is 35.2 Å². The van der Waals surface area contributed by atoms with E-state index in [0.29, 0.717) is 54.5 Å². The third kappa shape index (κ3) is 4.77. The first kappa shape index (κ1) is 29.9. The number of anilines is 1. The van der Waals surface area contributed by atoms with Crippen LogP contribution in [0.2, 0.25) is 0 Å². The van der Waals surface area contributed by atoms with Crippen molar-refractivity contribution in [2.75, 3.05) is 37.7 Å². The summed E-state index contributed by atoms with van der Waals surface area (Å²) >= 11 is 0. The molecule has 0 saturated carbocycles. The Balaban J connectivity index is 1.26. The van der Waals surface area contributed by atoms with Gasteiger partial charge in [0.15, 0.2) is 5.82 Å². The minimum Gasteiger partial charge on any atom is -0.508 e. The van der Waals surface area contributed by atoms with E-state index in [2.05, 4.69) is 25.2 Å². The summed E-state index contributed by atoms with van der Waals surface area (Å²) in [6.45, 7) is 3.57. The van der Waals surface area contributed by atoms with Gasteiger partial charge in [-0.15, -0.1) is 0 Å². The Morgan fingerprint density at radius 1 is 1.11 bits per heavy atom. The van der Waals surface area contributed by atoms with Crippen LogP contribution < -0.4 is 15.0 Å². The number of carbonyl (C=O) groups excluding carboxylic acids is 2. The number of ether oxygens (including phenoxy) is 1. The zero-order chi connectivity index (χ0) is 32.6. The number of piperidine rings is 1. The molecule has 4 aromatic rings. The third-order valence-electron chi connectivity index (χ3n) is 10.5. The number of benzene rings is 2. The number of imide groups is 1. The number of hydrogen-bond acceptors (Lipinski definition) is 9. The first-order valence-electron chi connectivity index (χ1n) is 16.1. The number of aromatic nitrogens is 3. The fraction of sp³-hybridized carbons (Fsp3) is 0.441. The standard InChI is InChI=1S/C34H33F3N6O4/c1-2-20-25(36)5-4-17-10-19(44)11-22(26(17)20)28-27(37)29-23(13-38-28)30(42-9-6-21-24(15-42)32(46)41-31(21)45)40-33(39-29)47-16-34-7-3-8-43(34)14-18(35)12-34/h4-5,10-11,13,18,21,24,44H,2-3,6-9,12,14-16H2,1H3,(H,41,45,46)/t18-,21?,24?,34+/m1/s1. The second-order valence-electron chi connectivity index (χ2n) is 13.1. The van der Waals surface area contributed by atoms with E-state index in [0.717, 1.165) is 19.4 Å². The summed E-state index contributed by atoms with van der Waals surface area (Å²) in [6, 6.07) is 5.59. The molecule has 244 valence electrons. The zero-order valence-electron chi connectivity index (χ0n) is 25.7. The van der Waals surface area contributed by atoms with Crippen LogP contribution in [0.15, 0.2) is 30.5 Å². The van der Waals surface area contributed by atoms with Crippen molar-refractivity contribution in [3.63, 3.8) is 0 Å². The number of hydrogen-bond donors (Lipinski definition) is 2. The maximum Gasteiger partial charge on any atom is 0.319 e. The molecule has 2 N–H and O–H groups in total. The maximum absolute atomic E-state index is 16.8. The van der Waals surface area contributed by atoms with Gasteiger partial charge in [-0.2, -0.15) is 9.97 Å². The van der Waals surface area contributed by atoms with Crippen LogP contribution in [-0.2, 0) is 16.0 Å². The fourth-order valence-electron chi connectivity index (χ4n) is 8.23. The average molecular weight is 647 g/mol. The van der Waals surface area contributed by atoms with Crippen molar-refractivity contribution < 1.29 is 32.6 Å². The predicted molar refractivity (Wildman–Crippen MR) is 167 cm³/mol. The first-order valence-corrected chi connectivity index (χ1v) is 16.1. The SMILES string of the molecule is CCc1c(F)ccc2cc(O)cc(-c3ncc4c(N5CCC6C(=O)NC(=O)C6C5)nc(OC[C@@]56CCCN5C[C@H](F)C6)nc4c3F)c12. The lowest BCUT2D eigenvalue weighted by Gasteiger charge is -2.34. The van der Waals surface area contributed by atoms with Crippen molar-refractivity contribution in [3.05, 3.63) is 47.7 Å². The Kier molecular flexibility index (Phi) is 7.01. The lowest BCUT2D eigenvalue weighted by Crippen LogP contribution is -2.44. The number of rotatable bonds is 6. The second kappa shape index (κ2) is 11.0. The molecule has 4 aliphatic rings. The van der Waals surface area contributed by atoms with Gasteiger partial charge in [-0.1, -0.05) is 13.0 Å². The fourth-order valence-corrected chi connectivity index (χ4v) is 8.23. The lowest BCUT2D eigenvalue weighted by molar-refractivity contribution is -0.126. The highest BCUT2D eigenvalue weighted by Crippen LogP contribution is 2.42. The van der Waals surface area contributed by atoms with Gasteiger partial charge in [0.05, 0.1) is 22.8 Å². The zero-order valence-corrected chi connectivity index (χ0v) is 25.7. The number of phenols is 1. The molecule has 2 aromatic carbocycles. The Hall–Kier alpha value is -4.52. The smallest absolute Gasteiger partial charge is 0.319 e. The highest BCUT2D eigenvalue weighted by molar-refractivity contribution is 6.06. The minimum atomic E-state index is -0.963. The number of fused-ring (bicyclic) bond motifs is 4. The molecule has 10 nitrogen and oxygen atoms in total. The average Bonchev–Trinajstić information content (AvgIpc) is 3.68. The molecule has 8 rings (SSSR count). The normalized spacial score (nSPS) is 25.9. The molecule has 0 spiro atoms. The molecule has 4 fully saturated rings. The highest BCUT2D eigenvalue weighted by Gasteiger charge is 2.50. The van der Waals surface area contributed by atoms with Gasteiger partial charge in [0.1, 0.15) is 41.4 Å². The van der Waals surface area contributed by atoms with E-state index in [1.165, 1.54) is 30.5 Å². The first-order chi connectivity index (χ1) is 22.7. The van der Waals surface area contributed by atoms with Crippen LogP contribution in [-0.4, -0.2) is 81.3 Å². The quantitative estimate of drug-likeness (QED) is 0.293. The van der Waals surface area contributed by atoms with Gasteiger partial charge in [-0.25, -0.2) is 13.2 Å². The summed E-state index contributed by atoms with van der Waals surface area (Å²) in [5, 5.41) is 14.2. The van der Waals surface area contributed by atoms with Crippen LogP contribution in [0.1, 0.15) is 38.2 Å². The Morgan fingerprint density at radius 2 is 1.94 bits per heavy atom. The van der Waals surface area contributed by atoms with Gasteiger partial charge in [-0.05, 0) is 66.8 Å². The number of halogens is 3. The summed E-state index contributed by atoms with van der Waals surface area (Å²) < 4.78 is 52.5. The summed E-state index contributed by atoms with van der Waals surface area (Å²) in [6.07, 6.45) is 3.20. The number of nitrogens with one attached hydrogen (secondary N) is 1. The summed E-state index contributed by atoms with van der Waals surface area (Å²) in [5.41, 5.74) is -0.167. The summed E-state index contributed by atoms with van der Waals surface area (Å²) in [4.78, 5) is 42.5. The van der Waals surface area contributed by atoms with Crippen LogP contribution in [0.4, 0.5) is 19.0 Å². The van der Waals surface area contributed by atoms with E-state index in [4.69, 9.17) is 4.74 Å². The molecule has 4 aliphatic heterocycles. The molecule has 4 atom stereocenters. The molecule has 0 aliphatic carbocycles. The number of nitrogens with zero attached hydrogens (tertiary/aromatic N) is 5. The molecule has 0 bridgehead atoms. The van der Waals surface area contributed by atoms with Crippen molar-refractivity contribution in [2.45, 2.75) is 50.7 Å². The van der Waals surface area contributed by atoms with Gasteiger partial charge in [0.25, 0.3) is 0 Å². The van der Waals surface area contributed by atoms with Crippen molar-refractivity contribution in [1.82, 2.24) is 25.2 Å². The minimum absolute atomic E-state index is 0.106. The van der Waals surface area contributed by atoms with Gasteiger partial charge in [-0.3, -0.25) is 24.8 Å². The second-order valence-corrected chi connectivity index (χ2v) is 13.1. The van der Waals surface area contributed by atoms with Crippen LogP contribution in [0, 0.1) is 23.5 Å². The van der Waals surface area contributed by atoms with Gasteiger partial charge < -0.3 is 14.7 Å². The molecule has 2 aromatic heterocycles. The van der Waals surface area contributed by atoms with Crippen LogP contribution in [0.5, 0.6) is 11.8 Å². The Morgan fingerprint density at radius 3 is 2.77 bits per heavy atom. The molecular weight excluding hydrogens is 613 g/mol. The number of carbonyl (C=O) groups is 2.